The zero-order chi connectivity index (χ0) is 21.2. The van der Waals surface area contributed by atoms with Crippen molar-refractivity contribution in [3.05, 3.63) is 36.7 Å². The van der Waals surface area contributed by atoms with E-state index in [1.807, 2.05) is 38.1 Å². The van der Waals surface area contributed by atoms with Gasteiger partial charge in [0, 0.05) is 18.0 Å². The molecule has 0 spiro atoms. The van der Waals surface area contributed by atoms with Gasteiger partial charge in [0.2, 0.25) is 0 Å². The minimum Gasteiger partial charge on any atom is -0.491 e. The van der Waals surface area contributed by atoms with Gasteiger partial charge in [0.05, 0.1) is 13.2 Å². The van der Waals surface area contributed by atoms with Crippen LogP contribution in [-0.2, 0) is 9.47 Å². The van der Waals surface area contributed by atoms with E-state index < -0.39 is 5.79 Å². The topological polar surface area (TPSA) is 62.7 Å². The maximum atomic E-state index is 5.82. The average Bonchev–Trinajstić information content (AvgIpc) is 3.11. The molecule has 2 heterocycles. The fourth-order valence-electron chi connectivity index (χ4n) is 3.36. The molecule has 1 aromatic heterocycles. The fraction of sp³-hybridized carbons (Fsp3) is 0.583. The number of hydrogen-bond acceptors (Lipinski definition) is 6. The lowest BCUT2D eigenvalue weighted by Gasteiger charge is -2.17. The monoisotopic (exact) mass is 414 g/mol. The third-order valence-electron chi connectivity index (χ3n) is 5.05. The Morgan fingerprint density at radius 3 is 2.30 bits per heavy atom. The quantitative estimate of drug-likeness (QED) is 0.433. The van der Waals surface area contributed by atoms with E-state index >= 15 is 0 Å². The number of aromatic nitrogens is 2. The van der Waals surface area contributed by atoms with E-state index in [0.717, 1.165) is 23.3 Å². The molecule has 164 valence electrons. The lowest BCUT2D eigenvalue weighted by molar-refractivity contribution is -0.141. The summed E-state index contributed by atoms with van der Waals surface area (Å²) in [6.07, 6.45) is 11.0. The normalized spacial score (nSPS) is 17.8. The maximum absolute atomic E-state index is 5.82. The summed E-state index contributed by atoms with van der Waals surface area (Å²) in [4.78, 5) is 8.66. The summed E-state index contributed by atoms with van der Waals surface area (Å²) in [5.74, 6) is 0.273. The van der Waals surface area contributed by atoms with E-state index in [1.165, 1.54) is 32.1 Å². The Morgan fingerprint density at radius 1 is 0.933 bits per heavy atom. The van der Waals surface area contributed by atoms with Crippen LogP contribution in [0.5, 0.6) is 11.8 Å². The number of hydrogen-bond donors (Lipinski definition) is 0. The molecular formula is C24H34N2O4. The molecule has 0 aliphatic carbocycles. The Bertz CT molecular complexity index is 747. The van der Waals surface area contributed by atoms with Crippen LogP contribution in [0.1, 0.15) is 59.3 Å². The van der Waals surface area contributed by atoms with Crippen LogP contribution in [0.15, 0.2) is 36.7 Å². The van der Waals surface area contributed by atoms with E-state index in [2.05, 4.69) is 16.9 Å². The van der Waals surface area contributed by atoms with E-state index in [-0.39, 0.29) is 6.10 Å². The minimum atomic E-state index is -0.525. The molecule has 1 aromatic carbocycles. The summed E-state index contributed by atoms with van der Waals surface area (Å²) >= 11 is 0. The zero-order valence-corrected chi connectivity index (χ0v) is 18.4. The third kappa shape index (κ3) is 7.26. The second-order valence-corrected chi connectivity index (χ2v) is 8.16. The van der Waals surface area contributed by atoms with Crippen LogP contribution in [0.3, 0.4) is 0 Å². The largest absolute Gasteiger partial charge is 0.491 e. The van der Waals surface area contributed by atoms with Crippen LogP contribution in [0.25, 0.3) is 11.1 Å². The molecule has 6 heteroatoms. The van der Waals surface area contributed by atoms with Crippen LogP contribution >= 0.6 is 0 Å². The fourth-order valence-corrected chi connectivity index (χ4v) is 3.36. The number of nitrogens with zero attached hydrogens (tertiary/aromatic N) is 2. The summed E-state index contributed by atoms with van der Waals surface area (Å²) < 4.78 is 22.8. The van der Waals surface area contributed by atoms with E-state index in [9.17, 15) is 0 Å². The second kappa shape index (κ2) is 11.3. The molecule has 0 radical (unpaired) electrons. The first-order chi connectivity index (χ1) is 14.6. The van der Waals surface area contributed by atoms with Crippen molar-refractivity contribution in [2.75, 3.05) is 19.8 Å². The van der Waals surface area contributed by atoms with Crippen molar-refractivity contribution in [1.29, 1.82) is 0 Å². The minimum absolute atomic E-state index is 0.0445. The van der Waals surface area contributed by atoms with Crippen molar-refractivity contribution >= 4 is 0 Å². The van der Waals surface area contributed by atoms with Crippen molar-refractivity contribution in [3.8, 4) is 22.9 Å². The highest BCUT2D eigenvalue weighted by Crippen LogP contribution is 2.25. The summed E-state index contributed by atoms with van der Waals surface area (Å²) in [6.45, 7) is 7.75. The smallest absolute Gasteiger partial charge is 0.316 e. The van der Waals surface area contributed by atoms with E-state index in [1.54, 1.807) is 12.4 Å². The summed E-state index contributed by atoms with van der Waals surface area (Å²) in [5.41, 5.74) is 1.98. The lowest BCUT2D eigenvalue weighted by Crippen LogP contribution is -2.25. The van der Waals surface area contributed by atoms with Gasteiger partial charge in [-0.2, -0.15) is 0 Å². The lowest BCUT2D eigenvalue weighted by atomic mass is 10.1. The van der Waals surface area contributed by atoms with Crippen LogP contribution in [-0.4, -0.2) is 41.7 Å². The van der Waals surface area contributed by atoms with Crippen molar-refractivity contribution in [2.24, 2.45) is 0 Å². The molecule has 3 rings (SSSR count). The Hall–Kier alpha value is -2.18. The molecule has 0 amide bonds. The van der Waals surface area contributed by atoms with Crippen LogP contribution in [0.4, 0.5) is 0 Å². The molecule has 30 heavy (non-hydrogen) atoms. The van der Waals surface area contributed by atoms with Gasteiger partial charge in [0.1, 0.15) is 18.5 Å². The van der Waals surface area contributed by atoms with Crippen LogP contribution in [0.2, 0.25) is 0 Å². The Morgan fingerprint density at radius 2 is 1.63 bits per heavy atom. The van der Waals surface area contributed by atoms with Crippen LogP contribution in [0, 0.1) is 0 Å². The molecular weight excluding hydrogens is 380 g/mol. The molecule has 0 saturated carbocycles. The number of benzene rings is 1. The van der Waals surface area contributed by atoms with Gasteiger partial charge in [0.15, 0.2) is 5.79 Å². The van der Waals surface area contributed by atoms with Gasteiger partial charge in [-0.25, -0.2) is 9.97 Å². The van der Waals surface area contributed by atoms with Gasteiger partial charge in [0.25, 0.3) is 0 Å². The summed E-state index contributed by atoms with van der Waals surface area (Å²) in [6, 6.07) is 8.33. The van der Waals surface area contributed by atoms with Crippen molar-refractivity contribution in [1.82, 2.24) is 9.97 Å². The maximum Gasteiger partial charge on any atom is 0.316 e. The molecule has 1 fully saturated rings. The van der Waals surface area contributed by atoms with Crippen molar-refractivity contribution < 1.29 is 18.9 Å². The van der Waals surface area contributed by atoms with Crippen molar-refractivity contribution in [3.63, 3.8) is 0 Å². The molecule has 1 saturated heterocycles. The SMILES string of the molecule is CCCCCCCCOc1ncc(-c2ccc(OC[C@H]3COC(C)(C)O3)cc2)cn1. The number of rotatable bonds is 12. The first-order valence-corrected chi connectivity index (χ1v) is 11.1. The van der Waals surface area contributed by atoms with Gasteiger partial charge >= 0.3 is 6.01 Å². The number of ether oxygens (including phenoxy) is 4. The molecule has 0 unspecified atom stereocenters. The van der Waals surface area contributed by atoms with Gasteiger partial charge in [-0.3, -0.25) is 0 Å². The third-order valence-corrected chi connectivity index (χ3v) is 5.05. The Kier molecular flexibility index (Phi) is 8.46. The Balaban J connectivity index is 1.40. The van der Waals surface area contributed by atoms with E-state index in [0.29, 0.717) is 25.8 Å². The van der Waals surface area contributed by atoms with Gasteiger partial charge in [-0.15, -0.1) is 0 Å². The molecule has 1 aliphatic heterocycles. The van der Waals surface area contributed by atoms with Gasteiger partial charge < -0.3 is 18.9 Å². The first kappa shape index (κ1) is 22.5. The predicted molar refractivity (Wildman–Crippen MR) is 117 cm³/mol. The molecule has 0 bridgehead atoms. The molecule has 6 nitrogen and oxygen atoms in total. The molecule has 1 aliphatic rings. The summed E-state index contributed by atoms with van der Waals surface area (Å²) in [5, 5.41) is 0. The highest BCUT2D eigenvalue weighted by molar-refractivity contribution is 5.62. The predicted octanol–water partition coefficient (Wildman–Crippen LogP) is 5.41. The highest BCUT2D eigenvalue weighted by atomic mass is 16.7. The first-order valence-electron chi connectivity index (χ1n) is 11.1. The van der Waals surface area contributed by atoms with Gasteiger partial charge in [-0.1, -0.05) is 51.2 Å². The van der Waals surface area contributed by atoms with Gasteiger partial charge in [-0.05, 0) is 38.0 Å². The zero-order valence-electron chi connectivity index (χ0n) is 18.4. The highest BCUT2D eigenvalue weighted by Gasteiger charge is 2.32. The second-order valence-electron chi connectivity index (χ2n) is 8.16. The molecule has 0 N–H and O–H groups in total. The van der Waals surface area contributed by atoms with E-state index in [4.69, 9.17) is 18.9 Å². The molecule has 2 aromatic rings. The van der Waals surface area contributed by atoms with Crippen LogP contribution < -0.4 is 9.47 Å². The van der Waals surface area contributed by atoms with Crippen molar-refractivity contribution in [2.45, 2.75) is 71.2 Å². The number of unbranched alkanes of at least 4 members (excludes halogenated alkanes) is 5. The Labute approximate surface area is 179 Å². The summed E-state index contributed by atoms with van der Waals surface area (Å²) in [7, 11) is 0. The average molecular weight is 415 g/mol. The standard InChI is InChI=1S/C24H34N2O4/c1-4-5-6-7-8-9-14-27-23-25-15-20(16-26-23)19-10-12-21(13-11-19)28-17-22-18-29-24(2,3)30-22/h10-13,15-16,22H,4-9,14,17-18H2,1-3H3/t22-/m0/s1. The molecule has 1 atom stereocenters.